The largest absolute Gasteiger partial charge is 0.593 e. The minimum Gasteiger partial charge on any atom is -0.593 e. The average molecular weight is 522 g/mol. The maximum Gasteiger partial charge on any atom is 0.416 e. The van der Waals surface area contributed by atoms with Gasteiger partial charge in [-0.05, 0) is 74.1 Å². The van der Waals surface area contributed by atoms with E-state index in [-0.39, 0.29) is 45.5 Å². The van der Waals surface area contributed by atoms with E-state index in [4.69, 9.17) is 4.74 Å². The van der Waals surface area contributed by atoms with Crippen LogP contribution in [0.2, 0.25) is 0 Å². The number of halogens is 4. The van der Waals surface area contributed by atoms with Crippen molar-refractivity contribution in [2.75, 3.05) is 12.4 Å². The van der Waals surface area contributed by atoms with E-state index in [9.17, 15) is 26.9 Å². The predicted octanol–water partition coefficient (Wildman–Crippen LogP) is 6.02. The summed E-state index contributed by atoms with van der Waals surface area (Å²) < 4.78 is 76.5. The molecule has 1 aliphatic rings. The fourth-order valence-electron chi connectivity index (χ4n) is 4.01. The Balaban J connectivity index is 1.82. The third kappa shape index (κ3) is 5.48. The quantitative estimate of drug-likeness (QED) is 0.226. The van der Waals surface area contributed by atoms with Crippen LogP contribution in [0.25, 0.3) is 0 Å². The van der Waals surface area contributed by atoms with Gasteiger partial charge in [0.05, 0.1) is 28.2 Å². The molecule has 1 atom stereocenters. The predicted molar refractivity (Wildman–Crippen MR) is 127 cm³/mol. The van der Waals surface area contributed by atoms with Gasteiger partial charge in [-0.3, -0.25) is 4.79 Å². The van der Waals surface area contributed by atoms with Crippen LogP contribution in [0.4, 0.5) is 23.2 Å². The van der Waals surface area contributed by atoms with Gasteiger partial charge < -0.3 is 14.6 Å². The summed E-state index contributed by atoms with van der Waals surface area (Å²) in [5, 5.41) is 2.59. The first kappa shape index (κ1) is 25.9. The number of alkyl halides is 3. The number of amides is 1. The van der Waals surface area contributed by atoms with E-state index < -0.39 is 35.0 Å². The number of anilines is 1. The Hall–Kier alpha value is -3.15. The van der Waals surface area contributed by atoms with Crippen molar-refractivity contribution in [1.29, 1.82) is 0 Å². The van der Waals surface area contributed by atoms with Gasteiger partial charge in [0.25, 0.3) is 5.91 Å². The fourth-order valence-corrected chi connectivity index (χ4v) is 4.68. The molecule has 3 aromatic rings. The molecule has 190 valence electrons. The highest BCUT2D eigenvalue weighted by Gasteiger charge is 2.42. The number of carbonyl (C=O) groups excluding carboxylic acids is 1. The number of ether oxygens (including phenoxy) is 1. The molecule has 1 fully saturated rings. The zero-order valence-electron chi connectivity index (χ0n) is 19.6. The maximum atomic E-state index is 14.2. The van der Waals surface area contributed by atoms with Crippen LogP contribution < -0.4 is 14.8 Å². The van der Waals surface area contributed by atoms with Crippen LogP contribution in [0.1, 0.15) is 51.5 Å². The Morgan fingerprint density at radius 3 is 2.47 bits per heavy atom. The van der Waals surface area contributed by atoms with Gasteiger partial charge in [0.2, 0.25) is 5.95 Å². The van der Waals surface area contributed by atoms with Crippen LogP contribution in [0, 0.1) is 19.8 Å². The van der Waals surface area contributed by atoms with Crippen LogP contribution >= 0.6 is 0 Å². The summed E-state index contributed by atoms with van der Waals surface area (Å²) in [6.07, 6.45) is -3.49. The molecule has 0 saturated heterocycles. The topological polar surface area (TPSA) is 86.3 Å². The molecule has 1 aromatic heterocycles. The fraction of sp³-hybridized carbons (Fsp3) is 0.280. The van der Waals surface area contributed by atoms with E-state index in [2.05, 4.69) is 15.0 Å². The Labute approximate surface area is 208 Å². The van der Waals surface area contributed by atoms with Crippen LogP contribution in [-0.2, 0) is 17.5 Å². The number of benzene rings is 2. The third-order valence-corrected chi connectivity index (χ3v) is 6.87. The number of hydrogen-bond acceptors (Lipinski definition) is 5. The summed E-state index contributed by atoms with van der Waals surface area (Å²) in [7, 11) is 1.50. The number of carbonyl (C=O) groups is 1. The highest BCUT2D eigenvalue weighted by molar-refractivity contribution is 7.89. The molecule has 0 unspecified atom stereocenters. The lowest BCUT2D eigenvalue weighted by Crippen LogP contribution is -2.21. The lowest BCUT2D eigenvalue weighted by atomic mass is 9.92. The number of rotatable bonds is 7. The van der Waals surface area contributed by atoms with E-state index in [1.165, 1.54) is 45.2 Å². The molecular weight excluding hydrogens is 498 g/mol. The Morgan fingerprint density at radius 2 is 1.86 bits per heavy atom. The second-order valence-corrected chi connectivity index (χ2v) is 9.80. The Kier molecular flexibility index (Phi) is 7.26. The first-order valence-corrected chi connectivity index (χ1v) is 12.2. The van der Waals surface area contributed by atoms with Crippen molar-refractivity contribution in [1.82, 2.24) is 9.71 Å². The van der Waals surface area contributed by atoms with Crippen molar-refractivity contribution in [3.05, 3.63) is 76.4 Å². The number of hydrogen-bond donors (Lipinski definition) is 2. The number of aryl methyl sites for hydroxylation is 1. The van der Waals surface area contributed by atoms with Crippen molar-refractivity contribution in [2.24, 2.45) is 0 Å². The second-order valence-electron chi connectivity index (χ2n) is 8.39. The van der Waals surface area contributed by atoms with E-state index >= 15 is 0 Å². The van der Waals surface area contributed by atoms with Crippen molar-refractivity contribution in [3.63, 3.8) is 0 Å². The molecule has 0 radical (unpaired) electrons. The highest BCUT2D eigenvalue weighted by Crippen LogP contribution is 2.50. The van der Waals surface area contributed by atoms with Gasteiger partial charge in [0.15, 0.2) is 4.90 Å². The van der Waals surface area contributed by atoms with Gasteiger partial charge in [0.1, 0.15) is 11.5 Å². The normalized spacial score (nSPS) is 14.4. The molecule has 36 heavy (non-hydrogen) atoms. The SMILES string of the molecule is CN[S@+]([O-])c1cccc(NC(=O)c2c(Oc3ccc(F)nc3C)cc(C3CC3)c(C(F)(F)F)c2C)c1. The Morgan fingerprint density at radius 1 is 1.14 bits per heavy atom. The molecule has 4 rings (SSSR count). The van der Waals surface area contributed by atoms with E-state index in [1.54, 1.807) is 12.1 Å². The van der Waals surface area contributed by atoms with E-state index in [0.717, 1.165) is 6.07 Å². The number of nitrogens with one attached hydrogen (secondary N) is 2. The molecule has 0 aliphatic heterocycles. The molecule has 2 aromatic carbocycles. The molecule has 1 saturated carbocycles. The van der Waals surface area contributed by atoms with Gasteiger partial charge in [-0.15, -0.1) is 4.72 Å². The van der Waals surface area contributed by atoms with Gasteiger partial charge in [-0.1, -0.05) is 6.07 Å². The third-order valence-electron chi connectivity index (χ3n) is 5.81. The van der Waals surface area contributed by atoms with Gasteiger partial charge in [0, 0.05) is 18.8 Å². The van der Waals surface area contributed by atoms with Crippen molar-refractivity contribution in [2.45, 2.75) is 43.7 Å². The molecule has 1 heterocycles. The maximum absolute atomic E-state index is 14.2. The summed E-state index contributed by atoms with van der Waals surface area (Å²) >= 11 is -1.53. The second kappa shape index (κ2) is 10.1. The number of aromatic nitrogens is 1. The lowest BCUT2D eigenvalue weighted by Gasteiger charge is -2.22. The molecular formula is C25H23F4N3O3S. The summed E-state index contributed by atoms with van der Waals surface area (Å²) in [4.78, 5) is 17.4. The minimum atomic E-state index is -4.69. The first-order valence-electron chi connectivity index (χ1n) is 11.1. The average Bonchev–Trinajstić information content (AvgIpc) is 3.64. The number of pyridine rings is 1. The first-order chi connectivity index (χ1) is 17.0. The van der Waals surface area contributed by atoms with Gasteiger partial charge in [-0.2, -0.15) is 17.6 Å². The number of nitrogens with zero attached hydrogens (tertiary/aromatic N) is 1. The van der Waals surface area contributed by atoms with Gasteiger partial charge >= 0.3 is 6.18 Å². The molecule has 1 aliphatic carbocycles. The van der Waals surface area contributed by atoms with Crippen LogP contribution in [0.5, 0.6) is 11.5 Å². The molecule has 2 N–H and O–H groups in total. The summed E-state index contributed by atoms with van der Waals surface area (Å²) in [6.45, 7) is 2.73. The monoisotopic (exact) mass is 521 g/mol. The van der Waals surface area contributed by atoms with E-state index in [1.807, 2.05) is 0 Å². The summed E-state index contributed by atoms with van der Waals surface area (Å²) in [5.41, 5.74) is -0.968. The van der Waals surface area contributed by atoms with Crippen LogP contribution in [-0.4, -0.2) is 22.5 Å². The zero-order chi connectivity index (χ0) is 26.2. The standard InChI is InChI=1S/C25H23F4N3O3S/c1-13-22(24(33)32-16-5-4-6-17(11-16)36(34)30-3)20(35-19-9-10-21(26)31-14(19)2)12-18(15-7-8-15)23(13)25(27,28)29/h4-6,9-12,15,30H,7-8H2,1-3H3,(H,32,33)/t36-/m1/s1. The van der Waals surface area contributed by atoms with Crippen molar-refractivity contribution < 1.29 is 31.6 Å². The van der Waals surface area contributed by atoms with Crippen LogP contribution in [0.3, 0.4) is 0 Å². The zero-order valence-corrected chi connectivity index (χ0v) is 20.4. The smallest absolute Gasteiger partial charge is 0.416 e. The lowest BCUT2D eigenvalue weighted by molar-refractivity contribution is -0.138. The molecule has 6 nitrogen and oxygen atoms in total. The summed E-state index contributed by atoms with van der Waals surface area (Å²) in [6, 6.07) is 9.75. The highest BCUT2D eigenvalue weighted by atomic mass is 32.2. The molecule has 0 bridgehead atoms. The molecule has 11 heteroatoms. The van der Waals surface area contributed by atoms with E-state index in [0.29, 0.717) is 17.7 Å². The molecule has 0 spiro atoms. The van der Waals surface area contributed by atoms with Gasteiger partial charge in [-0.25, -0.2) is 4.98 Å². The molecule has 1 amide bonds. The minimum absolute atomic E-state index is 0.0608. The Bertz CT molecular complexity index is 1310. The van der Waals surface area contributed by atoms with Crippen LogP contribution in [0.15, 0.2) is 47.4 Å². The summed E-state index contributed by atoms with van der Waals surface area (Å²) in [5.74, 6) is -1.85. The van der Waals surface area contributed by atoms with Crippen molar-refractivity contribution >= 4 is 23.0 Å². The van der Waals surface area contributed by atoms with Crippen molar-refractivity contribution in [3.8, 4) is 11.5 Å².